The summed E-state index contributed by atoms with van der Waals surface area (Å²) in [6.45, 7) is 1.89. The maximum Gasteiger partial charge on any atom is 0.225 e. The van der Waals surface area contributed by atoms with Gasteiger partial charge in [-0.15, -0.1) is 0 Å². The molecule has 1 aromatic carbocycles. The summed E-state index contributed by atoms with van der Waals surface area (Å²) in [5.41, 5.74) is 0.736. The van der Waals surface area contributed by atoms with Crippen LogP contribution in [-0.4, -0.2) is 31.5 Å². The number of hydrogen-bond acceptors (Lipinski definition) is 5. The van der Waals surface area contributed by atoms with Gasteiger partial charge < -0.3 is 4.90 Å². The molecule has 1 saturated heterocycles. The summed E-state index contributed by atoms with van der Waals surface area (Å²) in [4.78, 5) is 10.8. The van der Waals surface area contributed by atoms with Gasteiger partial charge >= 0.3 is 0 Å². The zero-order valence-corrected chi connectivity index (χ0v) is 14.7. The molecule has 8 heteroatoms. The highest BCUT2D eigenvalue weighted by atomic mass is 32.2. The summed E-state index contributed by atoms with van der Waals surface area (Å²) < 4.78 is 40.5. The van der Waals surface area contributed by atoms with Crippen LogP contribution in [0.25, 0.3) is 0 Å². The molecule has 0 radical (unpaired) electrons. The summed E-state index contributed by atoms with van der Waals surface area (Å²) in [6.07, 6.45) is 5.08. The number of hydrogen-bond donors (Lipinski definition) is 1. The fourth-order valence-corrected chi connectivity index (χ4v) is 3.90. The van der Waals surface area contributed by atoms with Crippen molar-refractivity contribution >= 4 is 16.0 Å². The summed E-state index contributed by atoms with van der Waals surface area (Å²) >= 11 is 0. The minimum Gasteiger partial charge on any atom is -0.341 e. The number of benzene rings is 1. The minimum atomic E-state index is -3.66. The Labute approximate surface area is 147 Å². The SMILES string of the molecule is O=S(=O)(Cc1ccccc1F)NCc1ccnc(N2CCCCC2)n1. The van der Waals surface area contributed by atoms with Gasteiger partial charge in [0.1, 0.15) is 5.82 Å². The predicted octanol–water partition coefficient (Wildman–Crippen LogP) is 2.23. The maximum atomic E-state index is 13.6. The van der Waals surface area contributed by atoms with Crippen LogP contribution in [0.15, 0.2) is 36.5 Å². The second-order valence-electron chi connectivity index (χ2n) is 6.07. The first-order chi connectivity index (χ1) is 12.0. The highest BCUT2D eigenvalue weighted by Crippen LogP contribution is 2.15. The third-order valence-electron chi connectivity index (χ3n) is 4.12. The lowest BCUT2D eigenvalue weighted by molar-refractivity contribution is 0.565. The van der Waals surface area contributed by atoms with Gasteiger partial charge in [0.15, 0.2) is 0 Å². The van der Waals surface area contributed by atoms with Crippen LogP contribution in [0.5, 0.6) is 0 Å². The van der Waals surface area contributed by atoms with Gasteiger partial charge in [0.25, 0.3) is 0 Å². The molecular formula is C17H21FN4O2S. The molecule has 2 heterocycles. The number of rotatable bonds is 6. The molecule has 0 amide bonds. The van der Waals surface area contributed by atoms with Gasteiger partial charge in [-0.1, -0.05) is 18.2 Å². The number of sulfonamides is 1. The quantitative estimate of drug-likeness (QED) is 0.851. The highest BCUT2D eigenvalue weighted by molar-refractivity contribution is 7.88. The lowest BCUT2D eigenvalue weighted by Gasteiger charge is -2.26. The molecule has 0 spiro atoms. The van der Waals surface area contributed by atoms with E-state index in [1.165, 1.54) is 24.6 Å². The molecule has 6 nitrogen and oxygen atoms in total. The van der Waals surface area contributed by atoms with Crippen LogP contribution in [0.3, 0.4) is 0 Å². The molecule has 0 bridgehead atoms. The fourth-order valence-electron chi connectivity index (χ4n) is 2.78. The van der Waals surface area contributed by atoms with Crippen LogP contribution in [0.2, 0.25) is 0 Å². The Morgan fingerprint density at radius 2 is 1.88 bits per heavy atom. The van der Waals surface area contributed by atoms with Gasteiger partial charge in [0, 0.05) is 24.8 Å². The molecule has 1 fully saturated rings. The largest absolute Gasteiger partial charge is 0.341 e. The van der Waals surface area contributed by atoms with Gasteiger partial charge in [-0.2, -0.15) is 0 Å². The lowest BCUT2D eigenvalue weighted by atomic mass is 10.1. The third kappa shape index (κ3) is 4.96. The Hall–Kier alpha value is -2.06. The van der Waals surface area contributed by atoms with Crippen LogP contribution < -0.4 is 9.62 Å². The van der Waals surface area contributed by atoms with Crippen LogP contribution in [0.1, 0.15) is 30.5 Å². The number of piperidine rings is 1. The molecule has 2 aromatic rings. The summed E-state index contributed by atoms with van der Waals surface area (Å²) in [7, 11) is -3.66. The monoisotopic (exact) mass is 364 g/mol. The van der Waals surface area contributed by atoms with Crippen molar-refractivity contribution in [2.24, 2.45) is 0 Å². The first-order valence-electron chi connectivity index (χ1n) is 8.31. The van der Waals surface area contributed by atoms with Crippen molar-refractivity contribution in [2.45, 2.75) is 31.6 Å². The van der Waals surface area contributed by atoms with Crippen molar-refractivity contribution in [2.75, 3.05) is 18.0 Å². The van der Waals surface area contributed by atoms with Gasteiger partial charge in [0.2, 0.25) is 16.0 Å². The second-order valence-corrected chi connectivity index (χ2v) is 7.87. The first-order valence-corrected chi connectivity index (χ1v) is 9.96. The van der Waals surface area contributed by atoms with Gasteiger partial charge in [-0.05, 0) is 31.4 Å². The van der Waals surface area contributed by atoms with E-state index in [1.54, 1.807) is 18.3 Å². The molecule has 1 aliphatic heterocycles. The molecule has 0 unspecified atom stereocenters. The van der Waals surface area contributed by atoms with E-state index in [0.29, 0.717) is 11.6 Å². The molecule has 0 atom stereocenters. The minimum absolute atomic E-state index is 0.0557. The fraction of sp³-hybridized carbons (Fsp3) is 0.412. The Morgan fingerprint density at radius 1 is 1.12 bits per heavy atom. The van der Waals surface area contributed by atoms with Crippen molar-refractivity contribution < 1.29 is 12.8 Å². The van der Waals surface area contributed by atoms with Crippen molar-refractivity contribution in [3.63, 3.8) is 0 Å². The van der Waals surface area contributed by atoms with Crippen molar-refractivity contribution in [1.82, 2.24) is 14.7 Å². The molecule has 0 aliphatic carbocycles. The van der Waals surface area contributed by atoms with E-state index >= 15 is 0 Å². The molecule has 134 valence electrons. The first kappa shape index (κ1) is 17.8. The Balaban J connectivity index is 1.63. The van der Waals surface area contributed by atoms with E-state index in [-0.39, 0.29) is 12.1 Å². The van der Waals surface area contributed by atoms with Crippen LogP contribution >= 0.6 is 0 Å². The van der Waals surface area contributed by atoms with E-state index in [0.717, 1.165) is 25.9 Å². The predicted molar refractivity (Wildman–Crippen MR) is 94.0 cm³/mol. The topological polar surface area (TPSA) is 75.2 Å². The van der Waals surface area contributed by atoms with Crippen molar-refractivity contribution in [3.8, 4) is 0 Å². The highest BCUT2D eigenvalue weighted by Gasteiger charge is 2.16. The Bertz CT molecular complexity index is 823. The number of anilines is 1. The third-order valence-corrected chi connectivity index (χ3v) is 5.39. The normalized spacial score (nSPS) is 15.3. The van der Waals surface area contributed by atoms with Gasteiger partial charge in [-0.3, -0.25) is 0 Å². The zero-order valence-electron chi connectivity index (χ0n) is 13.9. The molecule has 1 aliphatic rings. The van der Waals surface area contributed by atoms with Crippen LogP contribution in [0.4, 0.5) is 10.3 Å². The number of halogens is 1. The lowest BCUT2D eigenvalue weighted by Crippen LogP contribution is -2.31. The maximum absolute atomic E-state index is 13.6. The average Bonchev–Trinajstić information content (AvgIpc) is 2.63. The zero-order chi connectivity index (χ0) is 17.7. The van der Waals surface area contributed by atoms with Crippen molar-refractivity contribution in [1.29, 1.82) is 0 Å². The molecule has 1 N–H and O–H groups in total. The van der Waals surface area contributed by atoms with Crippen molar-refractivity contribution in [3.05, 3.63) is 53.6 Å². The van der Waals surface area contributed by atoms with E-state index in [4.69, 9.17) is 0 Å². The summed E-state index contributed by atoms with van der Waals surface area (Å²) in [6, 6.07) is 7.54. The van der Waals surface area contributed by atoms with Gasteiger partial charge in [0.05, 0.1) is 18.0 Å². The standard InChI is InChI=1S/C17H21FN4O2S/c18-16-7-3-2-6-14(16)13-25(23,24)20-12-15-8-9-19-17(21-15)22-10-4-1-5-11-22/h2-3,6-9,20H,1,4-5,10-13H2. The van der Waals surface area contributed by atoms with E-state index < -0.39 is 21.6 Å². The number of nitrogens with zero attached hydrogens (tertiary/aromatic N) is 3. The second kappa shape index (κ2) is 7.88. The van der Waals surface area contributed by atoms with Crippen LogP contribution in [0, 0.1) is 5.82 Å². The van der Waals surface area contributed by atoms with Gasteiger partial charge in [-0.25, -0.2) is 27.5 Å². The van der Waals surface area contributed by atoms with E-state index in [1.807, 2.05) is 0 Å². The molecule has 25 heavy (non-hydrogen) atoms. The average molecular weight is 364 g/mol. The molecular weight excluding hydrogens is 343 g/mol. The smallest absolute Gasteiger partial charge is 0.225 e. The Kier molecular flexibility index (Phi) is 5.60. The molecule has 1 aromatic heterocycles. The van der Waals surface area contributed by atoms with E-state index in [2.05, 4.69) is 19.6 Å². The number of nitrogens with one attached hydrogen (secondary N) is 1. The summed E-state index contributed by atoms with van der Waals surface area (Å²) in [5.74, 6) is -0.295. The number of aromatic nitrogens is 2. The van der Waals surface area contributed by atoms with E-state index in [9.17, 15) is 12.8 Å². The molecule has 3 rings (SSSR count). The van der Waals surface area contributed by atoms with Crippen LogP contribution in [-0.2, 0) is 22.3 Å². The summed E-state index contributed by atoms with van der Waals surface area (Å²) in [5, 5.41) is 0. The molecule has 0 saturated carbocycles. The Morgan fingerprint density at radius 3 is 2.64 bits per heavy atom.